The first-order valence-electron chi connectivity index (χ1n) is 8.81. The van der Waals surface area contributed by atoms with Crippen molar-refractivity contribution in [2.45, 2.75) is 19.3 Å². The standard InChI is InChI=1S/C20H25Cl2I2N2O.ClH/c1-26(2,8-4-3-5-14-6-7-16(21)17(22)11-14)9-10-27-20-18(23)12-15(25)13-19(20)24;/h6-7,11-13H,3-5,8-10,25H2,1-2H3;1H/q+1;/p-1. The Morgan fingerprint density at radius 2 is 1.61 bits per heavy atom. The fourth-order valence-electron chi connectivity index (χ4n) is 2.79. The fraction of sp³-hybridized carbons (Fsp3) is 0.400. The summed E-state index contributed by atoms with van der Waals surface area (Å²) in [6.45, 7) is 2.76. The van der Waals surface area contributed by atoms with Crippen LogP contribution in [-0.2, 0) is 6.42 Å². The van der Waals surface area contributed by atoms with Crippen molar-refractivity contribution in [1.29, 1.82) is 0 Å². The van der Waals surface area contributed by atoms with Crippen molar-refractivity contribution in [3.8, 4) is 5.75 Å². The van der Waals surface area contributed by atoms with Crippen LogP contribution in [0.4, 0.5) is 5.69 Å². The number of benzene rings is 2. The maximum atomic E-state index is 6.08. The Labute approximate surface area is 211 Å². The van der Waals surface area contributed by atoms with E-state index in [9.17, 15) is 0 Å². The fourth-order valence-corrected chi connectivity index (χ4v) is 5.24. The second-order valence-corrected chi connectivity index (χ2v) is 10.4. The molecule has 8 heteroatoms. The van der Waals surface area contributed by atoms with E-state index in [1.165, 1.54) is 5.56 Å². The first kappa shape index (κ1) is 26.4. The quantitative estimate of drug-likeness (QED) is 0.193. The molecule has 156 valence electrons. The number of aryl methyl sites for hydroxylation is 1. The van der Waals surface area contributed by atoms with Crippen LogP contribution in [0.25, 0.3) is 0 Å². The molecule has 0 atom stereocenters. The SMILES string of the molecule is C[N+](C)(CCCCc1ccc(Cl)c(Cl)c1)CCOc1c(I)cc(N)cc1I.[Cl-]. The van der Waals surface area contributed by atoms with Crippen LogP contribution < -0.4 is 22.9 Å². The van der Waals surface area contributed by atoms with E-state index in [-0.39, 0.29) is 12.4 Å². The summed E-state index contributed by atoms with van der Waals surface area (Å²) in [5.74, 6) is 0.935. The van der Waals surface area contributed by atoms with E-state index < -0.39 is 0 Å². The van der Waals surface area contributed by atoms with Gasteiger partial charge in [-0.2, -0.15) is 0 Å². The van der Waals surface area contributed by atoms with E-state index in [0.717, 1.165) is 55.4 Å². The highest BCUT2D eigenvalue weighted by Crippen LogP contribution is 2.30. The predicted octanol–water partition coefficient (Wildman–Crippen LogP) is 3.27. The summed E-state index contributed by atoms with van der Waals surface area (Å²) in [6.07, 6.45) is 3.31. The Morgan fingerprint density at radius 3 is 2.21 bits per heavy atom. The van der Waals surface area contributed by atoms with Gasteiger partial charge in [0, 0.05) is 5.69 Å². The molecule has 0 unspecified atom stereocenters. The van der Waals surface area contributed by atoms with E-state index in [2.05, 4.69) is 65.3 Å². The summed E-state index contributed by atoms with van der Waals surface area (Å²) in [7, 11) is 4.50. The summed E-state index contributed by atoms with van der Waals surface area (Å²) in [5, 5.41) is 1.25. The first-order valence-corrected chi connectivity index (χ1v) is 11.7. The molecule has 0 aromatic heterocycles. The van der Waals surface area contributed by atoms with Crippen molar-refractivity contribution < 1.29 is 21.6 Å². The predicted molar refractivity (Wildman–Crippen MR) is 133 cm³/mol. The number of likely N-dealkylation sites (N-methyl/N-ethyl adjacent to an activating group) is 1. The number of anilines is 1. The van der Waals surface area contributed by atoms with Crippen molar-refractivity contribution in [3.63, 3.8) is 0 Å². The topological polar surface area (TPSA) is 35.2 Å². The Balaban J connectivity index is 0.00000392. The molecule has 0 amide bonds. The molecule has 0 radical (unpaired) electrons. The molecule has 2 aromatic carbocycles. The van der Waals surface area contributed by atoms with Crippen molar-refractivity contribution >= 4 is 74.1 Å². The van der Waals surface area contributed by atoms with Gasteiger partial charge in [0.1, 0.15) is 18.9 Å². The van der Waals surface area contributed by atoms with E-state index in [4.69, 9.17) is 33.7 Å². The Bertz CT molecular complexity index is 765. The number of nitrogens with two attached hydrogens (primary N) is 1. The van der Waals surface area contributed by atoms with Crippen molar-refractivity contribution in [1.82, 2.24) is 0 Å². The summed E-state index contributed by atoms with van der Waals surface area (Å²) in [4.78, 5) is 0. The average molecular weight is 670 g/mol. The van der Waals surface area contributed by atoms with Gasteiger partial charge >= 0.3 is 0 Å². The van der Waals surface area contributed by atoms with Gasteiger partial charge in [-0.05, 0) is 94.3 Å². The largest absolute Gasteiger partial charge is 1.00 e. The Morgan fingerprint density at radius 1 is 0.964 bits per heavy atom. The van der Waals surface area contributed by atoms with E-state index in [1.807, 2.05) is 24.3 Å². The lowest BCUT2D eigenvalue weighted by Crippen LogP contribution is -3.00. The van der Waals surface area contributed by atoms with Crippen LogP contribution >= 0.6 is 68.4 Å². The van der Waals surface area contributed by atoms with Crippen molar-refractivity contribution in [2.24, 2.45) is 0 Å². The molecule has 3 nitrogen and oxygen atoms in total. The number of hydrogen-bond donors (Lipinski definition) is 1. The molecule has 0 saturated heterocycles. The highest BCUT2D eigenvalue weighted by Gasteiger charge is 2.16. The molecule has 0 aliphatic rings. The van der Waals surface area contributed by atoms with Gasteiger partial charge in [0.25, 0.3) is 0 Å². The number of nitrogens with zero attached hydrogens (tertiary/aromatic N) is 1. The lowest BCUT2D eigenvalue weighted by atomic mass is 10.1. The van der Waals surface area contributed by atoms with Gasteiger partial charge in [0.15, 0.2) is 0 Å². The molecule has 2 rings (SSSR count). The number of ether oxygens (including phenoxy) is 1. The minimum absolute atomic E-state index is 0. The number of hydrogen-bond acceptors (Lipinski definition) is 2. The summed E-state index contributed by atoms with van der Waals surface area (Å²) in [6, 6.07) is 9.78. The zero-order valence-electron chi connectivity index (χ0n) is 16.0. The summed E-state index contributed by atoms with van der Waals surface area (Å²) in [5.41, 5.74) is 7.88. The molecule has 0 saturated carbocycles. The molecule has 0 fully saturated rings. The molecule has 0 heterocycles. The highest BCUT2D eigenvalue weighted by atomic mass is 127. The van der Waals surface area contributed by atoms with Crippen molar-refractivity contribution in [2.75, 3.05) is 39.5 Å². The van der Waals surface area contributed by atoms with Gasteiger partial charge in [-0.1, -0.05) is 29.3 Å². The molecule has 0 spiro atoms. The molecule has 0 aliphatic carbocycles. The minimum atomic E-state index is 0. The molecule has 2 N–H and O–H groups in total. The zero-order chi connectivity index (χ0) is 20.0. The van der Waals surface area contributed by atoms with Gasteiger partial charge in [-0.15, -0.1) is 0 Å². The van der Waals surface area contributed by atoms with Crippen LogP contribution in [0.3, 0.4) is 0 Å². The Hall–Kier alpha value is 0.330. The maximum Gasteiger partial charge on any atom is 0.146 e. The number of nitrogen functional groups attached to an aromatic ring is 1. The summed E-state index contributed by atoms with van der Waals surface area (Å²) < 4.78 is 9.10. The molecule has 2 aromatic rings. The monoisotopic (exact) mass is 668 g/mol. The smallest absolute Gasteiger partial charge is 0.146 e. The van der Waals surface area contributed by atoms with Crippen LogP contribution in [0.2, 0.25) is 10.0 Å². The summed E-state index contributed by atoms with van der Waals surface area (Å²) >= 11 is 16.6. The second-order valence-electron chi connectivity index (χ2n) is 7.25. The Kier molecular flexibility index (Phi) is 11.5. The van der Waals surface area contributed by atoms with Gasteiger partial charge in [-0.3, -0.25) is 0 Å². The first-order chi connectivity index (χ1) is 12.7. The second kappa shape index (κ2) is 12.2. The normalized spacial score (nSPS) is 11.2. The van der Waals surface area contributed by atoms with Gasteiger partial charge in [0.2, 0.25) is 0 Å². The number of halogens is 5. The lowest BCUT2D eigenvalue weighted by molar-refractivity contribution is -0.890. The van der Waals surface area contributed by atoms with Crippen LogP contribution in [0, 0.1) is 7.14 Å². The van der Waals surface area contributed by atoms with E-state index in [1.54, 1.807) is 0 Å². The van der Waals surface area contributed by atoms with Gasteiger partial charge < -0.3 is 27.4 Å². The third kappa shape index (κ3) is 8.60. The molecular formula is C20H25Cl3I2N2O. The lowest BCUT2D eigenvalue weighted by Gasteiger charge is -2.30. The minimum Gasteiger partial charge on any atom is -1.00 e. The third-order valence-electron chi connectivity index (χ3n) is 4.43. The van der Waals surface area contributed by atoms with Crippen molar-refractivity contribution in [3.05, 3.63) is 53.1 Å². The zero-order valence-corrected chi connectivity index (χ0v) is 22.5. The van der Waals surface area contributed by atoms with Crippen LogP contribution in [0.15, 0.2) is 30.3 Å². The van der Waals surface area contributed by atoms with Gasteiger partial charge in [0.05, 0.1) is 37.8 Å². The van der Waals surface area contributed by atoms with Crippen LogP contribution in [-0.4, -0.2) is 38.3 Å². The van der Waals surface area contributed by atoms with E-state index >= 15 is 0 Å². The average Bonchev–Trinajstić information content (AvgIpc) is 2.57. The number of unbranched alkanes of at least 4 members (excludes halogenated alkanes) is 1. The molecule has 28 heavy (non-hydrogen) atoms. The molecule has 0 aliphatic heterocycles. The van der Waals surface area contributed by atoms with Crippen LogP contribution in [0.5, 0.6) is 5.75 Å². The van der Waals surface area contributed by atoms with Crippen LogP contribution in [0.1, 0.15) is 18.4 Å². The number of rotatable bonds is 9. The van der Waals surface area contributed by atoms with Gasteiger partial charge in [-0.25, -0.2) is 0 Å². The highest BCUT2D eigenvalue weighted by molar-refractivity contribution is 14.1. The third-order valence-corrected chi connectivity index (χ3v) is 6.77. The molecular weight excluding hydrogens is 644 g/mol. The number of quaternary nitrogens is 1. The maximum absolute atomic E-state index is 6.08. The molecule has 0 bridgehead atoms. The van der Waals surface area contributed by atoms with E-state index in [0.29, 0.717) is 16.7 Å².